The molecule has 146 valence electrons. The minimum Gasteiger partial charge on any atom is -0.497 e. The summed E-state index contributed by atoms with van der Waals surface area (Å²) < 4.78 is 5.24. The van der Waals surface area contributed by atoms with E-state index in [-0.39, 0.29) is 0 Å². The maximum Gasteiger partial charge on any atom is 0.126 e. The van der Waals surface area contributed by atoms with Gasteiger partial charge in [0, 0.05) is 55.4 Å². The number of hydrogen-bond donors (Lipinski definition) is 1. The zero-order valence-corrected chi connectivity index (χ0v) is 16.8. The van der Waals surface area contributed by atoms with Crippen molar-refractivity contribution in [3.8, 4) is 5.75 Å². The maximum absolute atomic E-state index is 6.07. The highest BCUT2D eigenvalue weighted by Crippen LogP contribution is 2.21. The van der Waals surface area contributed by atoms with Crippen molar-refractivity contribution in [3.05, 3.63) is 59.6 Å². The lowest BCUT2D eigenvalue weighted by Gasteiger charge is -2.36. The molecule has 0 radical (unpaired) electrons. The standard InChI is InChI=1S/C22H25ClN4O/c1-28-20-7-5-19(6-8-20)27-14-12-26(13-15-27)11-10-24-22-9-3-17-2-4-18(23)16-21(17)25-22/h2-9,16H,10-15H2,1H3,(H,24,25). The van der Waals surface area contributed by atoms with Crippen LogP contribution in [-0.2, 0) is 0 Å². The molecule has 4 rings (SSSR count). The van der Waals surface area contributed by atoms with Crippen LogP contribution < -0.4 is 15.0 Å². The molecule has 0 bridgehead atoms. The Labute approximate surface area is 170 Å². The Hall–Kier alpha value is -2.50. The van der Waals surface area contributed by atoms with E-state index in [4.69, 9.17) is 16.3 Å². The van der Waals surface area contributed by atoms with Gasteiger partial charge in [-0.05, 0) is 48.5 Å². The van der Waals surface area contributed by atoms with Crippen molar-refractivity contribution in [2.75, 3.05) is 56.6 Å². The number of ether oxygens (including phenoxy) is 1. The summed E-state index contributed by atoms with van der Waals surface area (Å²) in [5.41, 5.74) is 2.18. The Morgan fingerprint density at radius 1 is 1.00 bits per heavy atom. The normalized spacial score (nSPS) is 15.0. The largest absolute Gasteiger partial charge is 0.497 e. The van der Waals surface area contributed by atoms with Crippen LogP contribution in [0.4, 0.5) is 11.5 Å². The third-order valence-electron chi connectivity index (χ3n) is 5.20. The van der Waals surface area contributed by atoms with Gasteiger partial charge in [-0.1, -0.05) is 17.7 Å². The summed E-state index contributed by atoms with van der Waals surface area (Å²) in [6.45, 7) is 6.09. The van der Waals surface area contributed by atoms with Gasteiger partial charge in [-0.25, -0.2) is 4.98 Å². The number of halogens is 1. The quantitative estimate of drug-likeness (QED) is 0.678. The Morgan fingerprint density at radius 2 is 1.75 bits per heavy atom. The lowest BCUT2D eigenvalue weighted by Crippen LogP contribution is -2.47. The van der Waals surface area contributed by atoms with E-state index < -0.39 is 0 Å². The number of benzene rings is 2. The van der Waals surface area contributed by atoms with Crippen LogP contribution in [0.5, 0.6) is 5.75 Å². The molecular weight excluding hydrogens is 372 g/mol. The van der Waals surface area contributed by atoms with Gasteiger partial charge in [0.1, 0.15) is 11.6 Å². The van der Waals surface area contributed by atoms with E-state index in [2.05, 4.69) is 38.3 Å². The Balaban J connectivity index is 1.25. The van der Waals surface area contributed by atoms with E-state index >= 15 is 0 Å². The second-order valence-electron chi connectivity index (χ2n) is 6.99. The first-order valence-electron chi connectivity index (χ1n) is 9.63. The average molecular weight is 397 g/mol. The molecule has 0 spiro atoms. The van der Waals surface area contributed by atoms with Crippen molar-refractivity contribution in [1.82, 2.24) is 9.88 Å². The van der Waals surface area contributed by atoms with Crippen molar-refractivity contribution in [2.45, 2.75) is 0 Å². The Morgan fingerprint density at radius 3 is 2.50 bits per heavy atom. The van der Waals surface area contributed by atoms with Crippen molar-refractivity contribution >= 4 is 34.0 Å². The Bertz CT molecular complexity index is 923. The lowest BCUT2D eigenvalue weighted by atomic mass is 10.2. The molecule has 1 aliphatic rings. The molecule has 1 fully saturated rings. The summed E-state index contributed by atoms with van der Waals surface area (Å²) in [7, 11) is 1.70. The highest BCUT2D eigenvalue weighted by Gasteiger charge is 2.16. The monoisotopic (exact) mass is 396 g/mol. The molecule has 3 aromatic rings. The maximum atomic E-state index is 6.07. The number of pyridine rings is 1. The molecule has 5 nitrogen and oxygen atoms in total. The molecule has 1 aliphatic heterocycles. The van der Waals surface area contributed by atoms with Crippen LogP contribution >= 0.6 is 11.6 Å². The van der Waals surface area contributed by atoms with Gasteiger partial charge in [-0.3, -0.25) is 4.90 Å². The van der Waals surface area contributed by atoms with Gasteiger partial charge in [0.2, 0.25) is 0 Å². The second kappa shape index (κ2) is 8.67. The first-order valence-corrected chi connectivity index (χ1v) is 10.0. The highest BCUT2D eigenvalue weighted by molar-refractivity contribution is 6.31. The smallest absolute Gasteiger partial charge is 0.126 e. The summed E-state index contributed by atoms with van der Waals surface area (Å²) in [4.78, 5) is 9.57. The van der Waals surface area contributed by atoms with Gasteiger partial charge in [-0.15, -0.1) is 0 Å². The molecule has 6 heteroatoms. The third-order valence-corrected chi connectivity index (χ3v) is 5.43. The van der Waals surface area contributed by atoms with Crippen LogP contribution in [0.25, 0.3) is 10.9 Å². The number of piperazine rings is 1. The minimum absolute atomic E-state index is 0.715. The van der Waals surface area contributed by atoms with Gasteiger partial charge >= 0.3 is 0 Å². The molecule has 1 aromatic heterocycles. The van der Waals surface area contributed by atoms with Crippen molar-refractivity contribution in [3.63, 3.8) is 0 Å². The molecule has 1 saturated heterocycles. The summed E-state index contributed by atoms with van der Waals surface area (Å²) in [5, 5.41) is 5.25. The van der Waals surface area contributed by atoms with Crippen LogP contribution in [0, 0.1) is 0 Å². The number of methoxy groups -OCH3 is 1. The second-order valence-corrected chi connectivity index (χ2v) is 7.42. The number of nitrogens with zero attached hydrogens (tertiary/aromatic N) is 3. The zero-order chi connectivity index (χ0) is 19.3. The molecule has 2 heterocycles. The highest BCUT2D eigenvalue weighted by atomic mass is 35.5. The molecule has 0 aliphatic carbocycles. The average Bonchev–Trinajstić information content (AvgIpc) is 2.74. The molecule has 0 atom stereocenters. The van der Waals surface area contributed by atoms with Crippen LogP contribution in [0.2, 0.25) is 5.02 Å². The fourth-order valence-electron chi connectivity index (χ4n) is 3.55. The number of anilines is 2. The molecule has 2 aromatic carbocycles. The summed E-state index contributed by atoms with van der Waals surface area (Å²) in [6, 6.07) is 18.2. The first kappa shape index (κ1) is 18.8. The van der Waals surface area contributed by atoms with E-state index in [0.29, 0.717) is 5.02 Å². The van der Waals surface area contributed by atoms with E-state index in [1.54, 1.807) is 7.11 Å². The predicted octanol–water partition coefficient (Wildman–Crippen LogP) is 4.13. The molecule has 0 amide bonds. The number of hydrogen-bond acceptors (Lipinski definition) is 5. The van der Waals surface area contributed by atoms with Gasteiger partial charge < -0.3 is 15.0 Å². The van der Waals surface area contributed by atoms with Crippen molar-refractivity contribution < 1.29 is 4.74 Å². The first-order chi connectivity index (χ1) is 13.7. The summed E-state index contributed by atoms with van der Waals surface area (Å²) in [5.74, 6) is 1.80. The van der Waals surface area contributed by atoms with E-state index in [9.17, 15) is 0 Å². The third kappa shape index (κ3) is 4.49. The fourth-order valence-corrected chi connectivity index (χ4v) is 3.72. The van der Waals surface area contributed by atoms with Crippen LogP contribution in [-0.4, -0.2) is 56.3 Å². The van der Waals surface area contributed by atoms with Crippen LogP contribution in [0.3, 0.4) is 0 Å². The summed E-state index contributed by atoms with van der Waals surface area (Å²) >= 11 is 6.07. The van der Waals surface area contributed by atoms with Gasteiger partial charge in [0.15, 0.2) is 0 Å². The Kier molecular flexibility index (Phi) is 5.84. The molecule has 28 heavy (non-hydrogen) atoms. The molecule has 0 saturated carbocycles. The molecule has 1 N–H and O–H groups in total. The van der Waals surface area contributed by atoms with Crippen LogP contribution in [0.1, 0.15) is 0 Å². The van der Waals surface area contributed by atoms with Crippen molar-refractivity contribution in [2.24, 2.45) is 0 Å². The topological polar surface area (TPSA) is 40.6 Å². The van der Waals surface area contributed by atoms with Crippen LogP contribution in [0.15, 0.2) is 54.6 Å². The minimum atomic E-state index is 0.715. The van der Waals surface area contributed by atoms with E-state index in [0.717, 1.165) is 61.7 Å². The number of fused-ring (bicyclic) bond motifs is 1. The fraction of sp³-hybridized carbons (Fsp3) is 0.318. The SMILES string of the molecule is COc1ccc(N2CCN(CCNc3ccc4ccc(Cl)cc4n3)CC2)cc1. The number of nitrogens with one attached hydrogen (secondary N) is 1. The van der Waals surface area contributed by atoms with Gasteiger partial charge in [-0.2, -0.15) is 0 Å². The van der Waals surface area contributed by atoms with Gasteiger partial charge in [0.25, 0.3) is 0 Å². The van der Waals surface area contributed by atoms with E-state index in [1.165, 1.54) is 5.69 Å². The molecule has 0 unspecified atom stereocenters. The predicted molar refractivity (Wildman–Crippen MR) is 117 cm³/mol. The van der Waals surface area contributed by atoms with Crippen molar-refractivity contribution in [1.29, 1.82) is 0 Å². The lowest BCUT2D eigenvalue weighted by molar-refractivity contribution is 0.267. The number of rotatable bonds is 6. The van der Waals surface area contributed by atoms with E-state index in [1.807, 2.05) is 36.4 Å². The van der Waals surface area contributed by atoms with Gasteiger partial charge in [0.05, 0.1) is 12.6 Å². The zero-order valence-electron chi connectivity index (χ0n) is 16.1. The number of aromatic nitrogens is 1. The molecular formula is C22H25ClN4O. The summed E-state index contributed by atoms with van der Waals surface area (Å²) in [6.07, 6.45) is 0.